The van der Waals surface area contributed by atoms with Crippen molar-refractivity contribution in [2.75, 3.05) is 0 Å². The predicted octanol–water partition coefficient (Wildman–Crippen LogP) is 4.71. The SMILES string of the molecule is CCn1ccc2cc(-c3cc4c(O)c(-n5cccn5)c(=O)[nH]c4cc3Cl)ccc21. The normalized spacial score (nSPS) is 11.5. The van der Waals surface area contributed by atoms with Gasteiger partial charge in [0.15, 0.2) is 11.4 Å². The molecule has 7 heteroatoms. The Morgan fingerprint density at radius 3 is 2.79 bits per heavy atom. The van der Waals surface area contributed by atoms with Crippen molar-refractivity contribution in [1.29, 1.82) is 0 Å². The summed E-state index contributed by atoms with van der Waals surface area (Å²) in [5.74, 6) is -0.136. The van der Waals surface area contributed by atoms with Gasteiger partial charge in [0, 0.05) is 47.0 Å². The van der Waals surface area contributed by atoms with E-state index in [1.165, 1.54) is 4.68 Å². The van der Waals surface area contributed by atoms with E-state index in [0.717, 1.165) is 28.6 Å². The molecule has 0 unspecified atom stereocenters. The van der Waals surface area contributed by atoms with E-state index in [2.05, 4.69) is 46.0 Å². The predicted molar refractivity (Wildman–Crippen MR) is 115 cm³/mol. The number of aromatic hydroxyl groups is 1. The second kappa shape index (κ2) is 6.53. The van der Waals surface area contributed by atoms with Gasteiger partial charge in [-0.15, -0.1) is 0 Å². The van der Waals surface area contributed by atoms with Crippen molar-refractivity contribution in [3.63, 3.8) is 0 Å². The van der Waals surface area contributed by atoms with Crippen molar-refractivity contribution >= 4 is 33.4 Å². The minimum Gasteiger partial charge on any atom is -0.505 e. The Kier molecular flexibility index (Phi) is 3.96. The van der Waals surface area contributed by atoms with Crippen molar-refractivity contribution < 1.29 is 5.11 Å². The van der Waals surface area contributed by atoms with Crippen molar-refractivity contribution in [3.8, 4) is 22.6 Å². The van der Waals surface area contributed by atoms with E-state index in [-0.39, 0.29) is 11.4 Å². The third kappa shape index (κ3) is 2.72. The number of rotatable bonds is 3. The summed E-state index contributed by atoms with van der Waals surface area (Å²) in [5.41, 5.74) is 2.97. The van der Waals surface area contributed by atoms with Gasteiger partial charge in [0.1, 0.15) is 0 Å². The van der Waals surface area contributed by atoms with Gasteiger partial charge in [0.25, 0.3) is 5.56 Å². The summed E-state index contributed by atoms with van der Waals surface area (Å²) in [4.78, 5) is 15.3. The van der Waals surface area contributed by atoms with Gasteiger partial charge in [-0.1, -0.05) is 17.7 Å². The average Bonchev–Trinajstić information content (AvgIpc) is 3.36. The maximum Gasteiger partial charge on any atom is 0.278 e. The van der Waals surface area contributed by atoms with Gasteiger partial charge in [-0.05, 0) is 48.9 Å². The van der Waals surface area contributed by atoms with Crippen LogP contribution in [-0.4, -0.2) is 24.4 Å². The van der Waals surface area contributed by atoms with Crippen molar-refractivity contribution in [2.24, 2.45) is 0 Å². The molecule has 29 heavy (non-hydrogen) atoms. The molecule has 0 spiro atoms. The fourth-order valence-corrected chi connectivity index (χ4v) is 4.04. The summed E-state index contributed by atoms with van der Waals surface area (Å²) < 4.78 is 3.52. The second-order valence-corrected chi connectivity index (χ2v) is 7.26. The van der Waals surface area contributed by atoms with E-state index in [4.69, 9.17) is 11.6 Å². The highest BCUT2D eigenvalue weighted by Gasteiger charge is 2.17. The van der Waals surface area contributed by atoms with Gasteiger partial charge in [0.2, 0.25) is 0 Å². The standard InChI is InChI=1S/C22H17ClN4O2/c1-2-26-9-6-14-10-13(4-5-19(14)26)15-11-16-18(12-17(15)23)25-22(29)20(21(16)28)27-8-3-7-24-27/h3-12H,2H2,1H3,(H2,25,28,29). The molecule has 0 aliphatic heterocycles. The lowest BCUT2D eigenvalue weighted by atomic mass is 10.0. The number of aromatic amines is 1. The summed E-state index contributed by atoms with van der Waals surface area (Å²) in [6.07, 6.45) is 5.22. The third-order valence-corrected chi connectivity index (χ3v) is 5.52. The maximum absolute atomic E-state index is 12.5. The minimum atomic E-state index is -0.440. The number of pyridine rings is 1. The summed E-state index contributed by atoms with van der Waals surface area (Å²) >= 11 is 6.54. The highest BCUT2D eigenvalue weighted by atomic mass is 35.5. The summed E-state index contributed by atoms with van der Waals surface area (Å²) in [5, 5.41) is 17.0. The third-order valence-electron chi connectivity index (χ3n) is 5.21. The van der Waals surface area contributed by atoms with E-state index in [1.807, 2.05) is 6.07 Å². The number of hydrogen-bond acceptors (Lipinski definition) is 3. The van der Waals surface area contributed by atoms with Crippen LogP contribution in [0.15, 0.2) is 65.8 Å². The average molecular weight is 405 g/mol. The lowest BCUT2D eigenvalue weighted by molar-refractivity contribution is 0.475. The zero-order valence-corrected chi connectivity index (χ0v) is 16.3. The molecule has 144 valence electrons. The molecule has 5 rings (SSSR count). The number of aromatic nitrogens is 4. The van der Waals surface area contributed by atoms with Gasteiger partial charge in [-0.2, -0.15) is 5.10 Å². The van der Waals surface area contributed by atoms with Crippen molar-refractivity contribution in [3.05, 3.63) is 76.4 Å². The number of aryl methyl sites for hydroxylation is 1. The van der Waals surface area contributed by atoms with E-state index < -0.39 is 5.56 Å². The van der Waals surface area contributed by atoms with Crippen LogP contribution in [0, 0.1) is 0 Å². The highest BCUT2D eigenvalue weighted by molar-refractivity contribution is 6.34. The molecule has 0 saturated carbocycles. The molecular formula is C22H17ClN4O2. The highest BCUT2D eigenvalue weighted by Crippen LogP contribution is 2.37. The zero-order chi connectivity index (χ0) is 20.1. The van der Waals surface area contributed by atoms with Crippen LogP contribution in [0.4, 0.5) is 0 Å². The Balaban J connectivity index is 1.74. The van der Waals surface area contributed by atoms with Gasteiger partial charge < -0.3 is 14.7 Å². The molecule has 5 aromatic rings. The van der Waals surface area contributed by atoms with Gasteiger partial charge in [-0.3, -0.25) is 4.79 Å². The molecule has 0 aliphatic rings. The quantitative estimate of drug-likeness (QED) is 0.457. The molecule has 0 atom stereocenters. The number of H-pyrrole nitrogens is 1. The van der Waals surface area contributed by atoms with E-state index in [0.29, 0.717) is 15.9 Å². The van der Waals surface area contributed by atoms with Crippen molar-refractivity contribution in [2.45, 2.75) is 13.5 Å². The van der Waals surface area contributed by atoms with Gasteiger partial charge in [-0.25, -0.2) is 4.68 Å². The molecule has 0 aliphatic carbocycles. The molecule has 3 heterocycles. The smallest absolute Gasteiger partial charge is 0.278 e. The number of halogens is 1. The molecule has 2 aromatic carbocycles. The molecule has 0 fully saturated rings. The summed E-state index contributed by atoms with van der Waals surface area (Å²) in [6, 6.07) is 13.4. The fraction of sp³-hybridized carbons (Fsp3) is 0.0909. The number of nitrogens with zero attached hydrogens (tertiary/aromatic N) is 3. The second-order valence-electron chi connectivity index (χ2n) is 6.85. The molecule has 0 radical (unpaired) electrons. The first kappa shape index (κ1) is 17.6. The van der Waals surface area contributed by atoms with Crippen LogP contribution in [0.2, 0.25) is 5.02 Å². The Morgan fingerprint density at radius 2 is 2.03 bits per heavy atom. The van der Waals surface area contributed by atoms with E-state index in [1.54, 1.807) is 30.6 Å². The zero-order valence-electron chi connectivity index (χ0n) is 15.6. The summed E-state index contributed by atoms with van der Waals surface area (Å²) in [7, 11) is 0. The van der Waals surface area contributed by atoms with Gasteiger partial charge >= 0.3 is 0 Å². The molecule has 2 N–H and O–H groups in total. The van der Waals surface area contributed by atoms with E-state index >= 15 is 0 Å². The van der Waals surface area contributed by atoms with Crippen LogP contribution in [-0.2, 0) is 6.54 Å². The topological polar surface area (TPSA) is 75.8 Å². The maximum atomic E-state index is 12.5. The minimum absolute atomic E-state index is 0.0752. The van der Waals surface area contributed by atoms with Crippen molar-refractivity contribution in [1.82, 2.24) is 19.3 Å². The molecule has 0 saturated heterocycles. The number of benzene rings is 2. The number of hydrogen-bond donors (Lipinski definition) is 2. The van der Waals surface area contributed by atoms with Crippen LogP contribution < -0.4 is 5.56 Å². The van der Waals surface area contributed by atoms with Crippen LogP contribution in [0.3, 0.4) is 0 Å². The molecule has 0 amide bonds. The first-order chi connectivity index (χ1) is 14.1. The first-order valence-electron chi connectivity index (χ1n) is 9.24. The fourth-order valence-electron chi connectivity index (χ4n) is 3.77. The Bertz CT molecular complexity index is 1430. The lowest BCUT2D eigenvalue weighted by Crippen LogP contribution is -2.15. The van der Waals surface area contributed by atoms with Crippen LogP contribution in [0.1, 0.15) is 6.92 Å². The first-order valence-corrected chi connectivity index (χ1v) is 9.62. The molecule has 6 nitrogen and oxygen atoms in total. The Labute approximate surface area is 170 Å². The molecular weight excluding hydrogens is 388 g/mol. The Morgan fingerprint density at radius 1 is 1.17 bits per heavy atom. The lowest BCUT2D eigenvalue weighted by Gasteiger charge is -2.11. The van der Waals surface area contributed by atoms with Crippen LogP contribution in [0.25, 0.3) is 38.6 Å². The van der Waals surface area contributed by atoms with Gasteiger partial charge in [0.05, 0.1) is 10.5 Å². The van der Waals surface area contributed by atoms with Crippen LogP contribution >= 0.6 is 11.6 Å². The Hall–Kier alpha value is -3.51. The summed E-state index contributed by atoms with van der Waals surface area (Å²) in [6.45, 7) is 3.01. The van der Waals surface area contributed by atoms with E-state index in [9.17, 15) is 9.90 Å². The molecule has 3 aromatic heterocycles. The van der Waals surface area contributed by atoms with Crippen LogP contribution in [0.5, 0.6) is 5.75 Å². The monoisotopic (exact) mass is 404 g/mol. The largest absolute Gasteiger partial charge is 0.505 e. The number of nitrogens with one attached hydrogen (secondary N) is 1. The molecule has 0 bridgehead atoms. The number of fused-ring (bicyclic) bond motifs is 2.